The van der Waals surface area contributed by atoms with Crippen molar-refractivity contribution >= 4 is 27.3 Å². The standard InChI is InChI=1S/C11H16BrNS/c12-11(9-3-1-2-4-9)6-5-10-7-13-8-14-10/h7-9,11H,1-6H2. The maximum atomic E-state index is 4.10. The van der Waals surface area contributed by atoms with Crippen LogP contribution < -0.4 is 0 Å². The van der Waals surface area contributed by atoms with Gasteiger partial charge in [-0.25, -0.2) is 0 Å². The fourth-order valence-electron chi connectivity index (χ4n) is 2.20. The summed E-state index contributed by atoms with van der Waals surface area (Å²) in [5, 5.41) is 0. The molecule has 0 bridgehead atoms. The first kappa shape index (κ1) is 10.6. The van der Waals surface area contributed by atoms with Crippen molar-refractivity contribution < 1.29 is 0 Å². The van der Waals surface area contributed by atoms with Crippen LogP contribution in [-0.2, 0) is 6.42 Å². The lowest BCUT2D eigenvalue weighted by molar-refractivity contribution is 0.507. The molecule has 1 aromatic rings. The van der Waals surface area contributed by atoms with Crippen molar-refractivity contribution in [2.75, 3.05) is 0 Å². The second kappa shape index (κ2) is 5.26. The molecule has 1 saturated carbocycles. The minimum atomic E-state index is 0.729. The Morgan fingerprint density at radius 2 is 2.29 bits per heavy atom. The molecule has 0 radical (unpaired) electrons. The van der Waals surface area contributed by atoms with E-state index in [9.17, 15) is 0 Å². The Hall–Kier alpha value is 0.110. The molecule has 1 atom stereocenters. The second-order valence-corrected chi connectivity index (χ2v) is 6.21. The molecule has 1 aliphatic carbocycles. The van der Waals surface area contributed by atoms with Gasteiger partial charge in [-0.2, -0.15) is 0 Å². The summed E-state index contributed by atoms with van der Waals surface area (Å²) in [5.41, 5.74) is 1.92. The summed E-state index contributed by atoms with van der Waals surface area (Å²) in [7, 11) is 0. The number of aryl methyl sites for hydroxylation is 1. The van der Waals surface area contributed by atoms with Crippen LogP contribution >= 0.6 is 27.3 Å². The number of halogens is 1. The third-order valence-corrected chi connectivity index (χ3v) is 5.11. The van der Waals surface area contributed by atoms with E-state index < -0.39 is 0 Å². The lowest BCUT2D eigenvalue weighted by Crippen LogP contribution is -2.11. The zero-order valence-electron chi connectivity index (χ0n) is 8.29. The predicted octanol–water partition coefficient (Wildman–Crippen LogP) is 4.03. The summed E-state index contributed by atoms with van der Waals surface area (Å²) in [5.74, 6) is 0.933. The van der Waals surface area contributed by atoms with Crippen LogP contribution in [0.5, 0.6) is 0 Å². The van der Waals surface area contributed by atoms with Crippen LogP contribution in [0.4, 0.5) is 0 Å². The average molecular weight is 274 g/mol. The monoisotopic (exact) mass is 273 g/mol. The van der Waals surface area contributed by atoms with Crippen LogP contribution in [0, 0.1) is 5.92 Å². The van der Waals surface area contributed by atoms with Crippen molar-refractivity contribution in [3.05, 3.63) is 16.6 Å². The van der Waals surface area contributed by atoms with Gasteiger partial charge >= 0.3 is 0 Å². The van der Waals surface area contributed by atoms with E-state index in [1.807, 2.05) is 11.7 Å². The number of rotatable bonds is 4. The van der Waals surface area contributed by atoms with Gasteiger partial charge in [0.2, 0.25) is 0 Å². The van der Waals surface area contributed by atoms with Gasteiger partial charge in [0.25, 0.3) is 0 Å². The van der Waals surface area contributed by atoms with Gasteiger partial charge in [-0.3, -0.25) is 4.98 Å². The number of hydrogen-bond acceptors (Lipinski definition) is 2. The van der Waals surface area contributed by atoms with E-state index in [4.69, 9.17) is 0 Å². The van der Waals surface area contributed by atoms with Gasteiger partial charge in [-0.05, 0) is 31.6 Å². The molecule has 2 rings (SSSR count). The molecule has 0 saturated heterocycles. The molecular formula is C11H16BrNS. The number of hydrogen-bond donors (Lipinski definition) is 0. The zero-order valence-corrected chi connectivity index (χ0v) is 10.7. The number of nitrogens with zero attached hydrogens (tertiary/aromatic N) is 1. The quantitative estimate of drug-likeness (QED) is 0.755. The van der Waals surface area contributed by atoms with Crippen molar-refractivity contribution in [3.8, 4) is 0 Å². The van der Waals surface area contributed by atoms with Gasteiger partial charge in [0, 0.05) is 15.9 Å². The van der Waals surface area contributed by atoms with Gasteiger partial charge in [-0.1, -0.05) is 28.8 Å². The summed E-state index contributed by atoms with van der Waals surface area (Å²) in [6.07, 6.45) is 10.2. The molecule has 1 unspecified atom stereocenters. The fourth-order valence-corrected chi connectivity index (χ4v) is 3.57. The number of thiazole rings is 1. The number of aromatic nitrogens is 1. The molecule has 0 N–H and O–H groups in total. The first-order valence-electron chi connectivity index (χ1n) is 5.37. The van der Waals surface area contributed by atoms with Crippen LogP contribution in [-0.4, -0.2) is 9.81 Å². The highest BCUT2D eigenvalue weighted by molar-refractivity contribution is 9.09. The maximum absolute atomic E-state index is 4.10. The Kier molecular flexibility index (Phi) is 3.99. The molecule has 14 heavy (non-hydrogen) atoms. The smallest absolute Gasteiger partial charge is 0.0794 e. The molecule has 1 fully saturated rings. The fraction of sp³-hybridized carbons (Fsp3) is 0.727. The molecule has 1 heterocycles. The van der Waals surface area contributed by atoms with E-state index in [1.165, 1.54) is 43.4 Å². The highest BCUT2D eigenvalue weighted by Crippen LogP contribution is 2.33. The van der Waals surface area contributed by atoms with E-state index >= 15 is 0 Å². The van der Waals surface area contributed by atoms with E-state index in [0.717, 1.165) is 10.7 Å². The Morgan fingerprint density at radius 1 is 1.50 bits per heavy atom. The van der Waals surface area contributed by atoms with Crippen molar-refractivity contribution in [1.29, 1.82) is 0 Å². The van der Waals surface area contributed by atoms with Crippen molar-refractivity contribution in [1.82, 2.24) is 4.98 Å². The maximum Gasteiger partial charge on any atom is 0.0794 e. The summed E-state index contributed by atoms with van der Waals surface area (Å²) >= 11 is 5.61. The Morgan fingerprint density at radius 3 is 2.93 bits per heavy atom. The van der Waals surface area contributed by atoms with Crippen LogP contribution in [0.15, 0.2) is 11.7 Å². The molecule has 0 amide bonds. The number of alkyl halides is 1. The Labute approximate surface area is 98.1 Å². The van der Waals surface area contributed by atoms with Crippen molar-refractivity contribution in [3.63, 3.8) is 0 Å². The van der Waals surface area contributed by atoms with Gasteiger partial charge in [0.15, 0.2) is 0 Å². The van der Waals surface area contributed by atoms with Crippen LogP contribution in [0.1, 0.15) is 37.0 Å². The van der Waals surface area contributed by atoms with Gasteiger partial charge in [0.05, 0.1) is 5.51 Å². The second-order valence-electron chi connectivity index (χ2n) is 4.07. The molecule has 1 aliphatic rings. The SMILES string of the molecule is BrC(CCc1cncs1)C1CCCC1. The van der Waals surface area contributed by atoms with Gasteiger partial charge in [0.1, 0.15) is 0 Å². The normalized spacial score (nSPS) is 20.1. The van der Waals surface area contributed by atoms with Crippen molar-refractivity contribution in [2.24, 2.45) is 5.92 Å². The highest BCUT2D eigenvalue weighted by atomic mass is 79.9. The van der Waals surface area contributed by atoms with E-state index in [1.54, 1.807) is 11.3 Å². The third kappa shape index (κ3) is 2.80. The summed E-state index contributed by atoms with van der Waals surface area (Å²) < 4.78 is 0. The van der Waals surface area contributed by atoms with E-state index in [2.05, 4.69) is 20.9 Å². The van der Waals surface area contributed by atoms with Crippen LogP contribution in [0.2, 0.25) is 0 Å². The molecule has 3 heteroatoms. The first-order chi connectivity index (χ1) is 6.86. The first-order valence-corrected chi connectivity index (χ1v) is 7.17. The molecule has 1 nitrogen and oxygen atoms in total. The highest BCUT2D eigenvalue weighted by Gasteiger charge is 2.22. The topological polar surface area (TPSA) is 12.9 Å². The van der Waals surface area contributed by atoms with Crippen molar-refractivity contribution in [2.45, 2.75) is 43.4 Å². The largest absolute Gasteiger partial charge is 0.253 e. The molecule has 0 aromatic carbocycles. The van der Waals surface area contributed by atoms with Gasteiger partial charge < -0.3 is 0 Å². The third-order valence-electron chi connectivity index (χ3n) is 3.06. The summed E-state index contributed by atoms with van der Waals surface area (Å²) in [4.78, 5) is 6.25. The van der Waals surface area contributed by atoms with E-state index in [0.29, 0.717) is 0 Å². The Balaban J connectivity index is 1.74. The lowest BCUT2D eigenvalue weighted by atomic mass is 10.0. The summed E-state index contributed by atoms with van der Waals surface area (Å²) in [6, 6.07) is 0. The molecule has 0 aliphatic heterocycles. The molecule has 0 spiro atoms. The Bertz CT molecular complexity index is 254. The minimum absolute atomic E-state index is 0.729. The molecule has 78 valence electrons. The molecular weight excluding hydrogens is 258 g/mol. The van der Waals surface area contributed by atoms with Crippen LogP contribution in [0.25, 0.3) is 0 Å². The van der Waals surface area contributed by atoms with E-state index in [-0.39, 0.29) is 0 Å². The lowest BCUT2D eigenvalue weighted by Gasteiger charge is -2.15. The van der Waals surface area contributed by atoms with Crippen LogP contribution in [0.3, 0.4) is 0 Å². The van der Waals surface area contributed by atoms with Gasteiger partial charge in [-0.15, -0.1) is 11.3 Å². The molecule has 1 aromatic heterocycles. The minimum Gasteiger partial charge on any atom is -0.253 e. The predicted molar refractivity (Wildman–Crippen MR) is 65.1 cm³/mol. The summed E-state index contributed by atoms with van der Waals surface area (Å²) in [6.45, 7) is 0. The average Bonchev–Trinajstić information content (AvgIpc) is 2.87. The zero-order chi connectivity index (χ0) is 9.80.